The highest BCUT2D eigenvalue weighted by atomic mass is 79.9. The molecular formula is C11H10BrF3N2S. The molecule has 2 nitrogen and oxygen atoms in total. The van der Waals surface area contributed by atoms with Gasteiger partial charge in [0.15, 0.2) is 5.17 Å². The lowest BCUT2D eigenvalue weighted by Gasteiger charge is -2.12. The van der Waals surface area contributed by atoms with Crippen LogP contribution in [0.1, 0.15) is 12.5 Å². The monoisotopic (exact) mass is 338 g/mol. The van der Waals surface area contributed by atoms with E-state index >= 15 is 0 Å². The minimum Gasteiger partial charge on any atom is -0.334 e. The number of rotatable bonds is 1. The predicted octanol–water partition coefficient (Wildman–Crippen LogP) is 4.37. The van der Waals surface area contributed by atoms with Gasteiger partial charge in [-0.2, -0.15) is 13.2 Å². The Balaban J connectivity index is 2.25. The van der Waals surface area contributed by atoms with E-state index < -0.39 is 11.7 Å². The zero-order valence-corrected chi connectivity index (χ0v) is 11.8. The highest BCUT2D eigenvalue weighted by molar-refractivity contribution is 9.10. The third-order valence-electron chi connectivity index (χ3n) is 2.33. The summed E-state index contributed by atoms with van der Waals surface area (Å²) in [4.78, 5) is 4.28. The van der Waals surface area contributed by atoms with Crippen LogP contribution >= 0.6 is 27.7 Å². The number of hydrogen-bond acceptors (Lipinski definition) is 3. The number of aliphatic imine (C=N–C) groups is 1. The van der Waals surface area contributed by atoms with E-state index in [0.717, 1.165) is 17.9 Å². The molecule has 1 unspecified atom stereocenters. The normalized spacial score (nSPS) is 19.8. The van der Waals surface area contributed by atoms with Gasteiger partial charge in [-0.1, -0.05) is 11.8 Å². The maximum Gasteiger partial charge on any atom is 0.416 e. The van der Waals surface area contributed by atoms with Crippen LogP contribution in [-0.2, 0) is 6.18 Å². The first-order chi connectivity index (χ1) is 8.36. The van der Waals surface area contributed by atoms with Crippen molar-refractivity contribution in [2.75, 3.05) is 11.1 Å². The van der Waals surface area contributed by atoms with Gasteiger partial charge in [0.2, 0.25) is 0 Å². The molecule has 0 radical (unpaired) electrons. The topological polar surface area (TPSA) is 24.4 Å². The van der Waals surface area contributed by atoms with Gasteiger partial charge >= 0.3 is 6.18 Å². The number of alkyl halides is 3. The predicted molar refractivity (Wildman–Crippen MR) is 72.1 cm³/mol. The van der Waals surface area contributed by atoms with Crippen molar-refractivity contribution < 1.29 is 13.2 Å². The van der Waals surface area contributed by atoms with Crippen LogP contribution in [0, 0.1) is 0 Å². The lowest BCUT2D eigenvalue weighted by molar-refractivity contribution is -0.137. The fourth-order valence-corrected chi connectivity index (χ4v) is 2.71. The number of benzene rings is 1. The summed E-state index contributed by atoms with van der Waals surface area (Å²) in [5.74, 6) is 0.846. The molecule has 0 saturated carbocycles. The minimum absolute atomic E-state index is 0.196. The van der Waals surface area contributed by atoms with Gasteiger partial charge in [-0.3, -0.25) is 4.99 Å². The van der Waals surface area contributed by atoms with E-state index in [1.54, 1.807) is 0 Å². The average Bonchev–Trinajstić information content (AvgIpc) is 2.66. The molecular weight excluding hydrogens is 329 g/mol. The molecule has 0 fully saturated rings. The number of amidine groups is 1. The van der Waals surface area contributed by atoms with Crippen molar-refractivity contribution in [2.45, 2.75) is 19.1 Å². The largest absolute Gasteiger partial charge is 0.416 e. The Hall–Kier alpha value is -0.690. The standard InChI is InChI=1S/C11H10BrF3N2S/c1-6-5-18-10(16-6)17-9-4-7(11(13,14)15)2-3-8(9)12/h2-4,6H,5H2,1H3,(H,16,17). The van der Waals surface area contributed by atoms with Crippen LogP contribution < -0.4 is 5.32 Å². The summed E-state index contributed by atoms with van der Waals surface area (Å²) in [6.45, 7) is 1.96. The average molecular weight is 339 g/mol. The Kier molecular flexibility index (Phi) is 3.91. The molecule has 1 N–H and O–H groups in total. The Morgan fingerprint density at radius 3 is 2.72 bits per heavy atom. The Morgan fingerprint density at radius 1 is 1.44 bits per heavy atom. The van der Waals surface area contributed by atoms with Crippen LogP contribution in [-0.4, -0.2) is 17.0 Å². The van der Waals surface area contributed by atoms with E-state index in [0.29, 0.717) is 15.3 Å². The van der Waals surface area contributed by atoms with Crippen LogP contribution in [0.15, 0.2) is 27.7 Å². The third-order valence-corrected chi connectivity index (χ3v) is 4.16. The van der Waals surface area contributed by atoms with Crippen LogP contribution in [0.5, 0.6) is 0 Å². The second-order valence-corrected chi connectivity index (χ2v) is 5.77. The van der Waals surface area contributed by atoms with Gasteiger partial charge in [0.05, 0.1) is 17.3 Å². The summed E-state index contributed by atoms with van der Waals surface area (Å²) in [5, 5.41) is 3.57. The van der Waals surface area contributed by atoms with E-state index in [4.69, 9.17) is 0 Å². The molecule has 0 bridgehead atoms. The molecule has 7 heteroatoms. The van der Waals surface area contributed by atoms with Crippen LogP contribution in [0.2, 0.25) is 0 Å². The van der Waals surface area contributed by atoms with Crippen molar-refractivity contribution in [3.8, 4) is 0 Å². The van der Waals surface area contributed by atoms with Crippen molar-refractivity contribution in [1.82, 2.24) is 0 Å². The summed E-state index contributed by atoms with van der Waals surface area (Å²) >= 11 is 4.73. The van der Waals surface area contributed by atoms with Crippen molar-refractivity contribution in [1.29, 1.82) is 0 Å². The summed E-state index contributed by atoms with van der Waals surface area (Å²) in [7, 11) is 0. The molecule has 1 aromatic carbocycles. The minimum atomic E-state index is -4.34. The highest BCUT2D eigenvalue weighted by Crippen LogP contribution is 2.34. The van der Waals surface area contributed by atoms with Crippen molar-refractivity contribution >= 4 is 38.5 Å². The van der Waals surface area contributed by atoms with Crippen molar-refractivity contribution in [3.05, 3.63) is 28.2 Å². The van der Waals surface area contributed by atoms with E-state index in [1.807, 2.05) is 6.92 Å². The number of hydrogen-bond donors (Lipinski definition) is 1. The lowest BCUT2D eigenvalue weighted by Crippen LogP contribution is -2.09. The first-order valence-electron chi connectivity index (χ1n) is 5.20. The summed E-state index contributed by atoms with van der Waals surface area (Å²) in [5.41, 5.74) is -0.296. The van der Waals surface area contributed by atoms with Gasteiger partial charge < -0.3 is 5.32 Å². The number of anilines is 1. The molecule has 0 aromatic heterocycles. The molecule has 0 aliphatic carbocycles. The Labute approximate surface area is 115 Å². The SMILES string of the molecule is CC1CSC(Nc2cc(C(F)(F)F)ccc2Br)=N1. The molecule has 98 valence electrons. The molecule has 0 saturated heterocycles. The van der Waals surface area contributed by atoms with Gasteiger partial charge in [-0.25, -0.2) is 0 Å². The smallest absolute Gasteiger partial charge is 0.334 e. The van der Waals surface area contributed by atoms with E-state index in [-0.39, 0.29) is 6.04 Å². The van der Waals surface area contributed by atoms with E-state index in [2.05, 4.69) is 26.2 Å². The fraction of sp³-hybridized carbons (Fsp3) is 0.364. The van der Waals surface area contributed by atoms with E-state index in [9.17, 15) is 13.2 Å². The van der Waals surface area contributed by atoms with Crippen molar-refractivity contribution in [2.24, 2.45) is 4.99 Å². The molecule has 18 heavy (non-hydrogen) atoms. The number of nitrogens with zero attached hydrogens (tertiary/aromatic N) is 1. The first kappa shape index (κ1) is 13.7. The second-order valence-electron chi connectivity index (χ2n) is 3.91. The Morgan fingerprint density at radius 2 is 2.17 bits per heavy atom. The second kappa shape index (κ2) is 5.13. The maximum atomic E-state index is 12.6. The van der Waals surface area contributed by atoms with Gasteiger partial charge in [-0.05, 0) is 41.1 Å². The lowest BCUT2D eigenvalue weighted by atomic mass is 10.2. The summed E-state index contributed by atoms with van der Waals surface area (Å²) in [6, 6.07) is 3.70. The van der Waals surface area contributed by atoms with Gasteiger partial charge in [0, 0.05) is 10.2 Å². The van der Waals surface area contributed by atoms with Gasteiger partial charge in [0.25, 0.3) is 0 Å². The van der Waals surface area contributed by atoms with Gasteiger partial charge in [0.1, 0.15) is 0 Å². The summed E-state index contributed by atoms with van der Waals surface area (Å²) in [6.07, 6.45) is -4.34. The van der Waals surface area contributed by atoms with E-state index in [1.165, 1.54) is 17.8 Å². The molecule has 1 aliphatic heterocycles. The highest BCUT2D eigenvalue weighted by Gasteiger charge is 2.31. The third kappa shape index (κ3) is 3.20. The summed E-state index contributed by atoms with van der Waals surface area (Å²) < 4.78 is 38.4. The molecule has 1 aromatic rings. The zero-order valence-electron chi connectivity index (χ0n) is 9.38. The first-order valence-corrected chi connectivity index (χ1v) is 6.98. The quantitative estimate of drug-likeness (QED) is 0.822. The molecule has 1 aliphatic rings. The molecule has 0 spiro atoms. The zero-order chi connectivity index (χ0) is 13.3. The van der Waals surface area contributed by atoms with Gasteiger partial charge in [-0.15, -0.1) is 0 Å². The number of halogens is 4. The maximum absolute atomic E-state index is 12.6. The van der Waals surface area contributed by atoms with Crippen LogP contribution in [0.25, 0.3) is 0 Å². The fourth-order valence-electron chi connectivity index (χ4n) is 1.46. The molecule has 0 amide bonds. The molecule has 2 rings (SSSR count). The molecule has 1 heterocycles. The number of nitrogens with one attached hydrogen (secondary N) is 1. The van der Waals surface area contributed by atoms with Crippen LogP contribution in [0.4, 0.5) is 18.9 Å². The Bertz CT molecular complexity index is 488. The van der Waals surface area contributed by atoms with Crippen LogP contribution in [0.3, 0.4) is 0 Å². The molecule has 1 atom stereocenters. The van der Waals surface area contributed by atoms with Crippen molar-refractivity contribution in [3.63, 3.8) is 0 Å². The number of thioether (sulfide) groups is 1.